The number of carbonyl (C=O) groups excluding carboxylic acids is 1. The van der Waals surface area contributed by atoms with Crippen molar-refractivity contribution >= 4 is 44.5 Å². The summed E-state index contributed by atoms with van der Waals surface area (Å²) < 4.78 is 17.5. The smallest absolute Gasteiger partial charge is 0.317 e. The van der Waals surface area contributed by atoms with E-state index >= 15 is 0 Å². The molecule has 0 aliphatic rings. The predicted molar refractivity (Wildman–Crippen MR) is 93.8 cm³/mol. The molecule has 1 rings (SSSR count). The second kappa shape index (κ2) is 8.33. The summed E-state index contributed by atoms with van der Waals surface area (Å²) in [5, 5.41) is 0.181. The van der Waals surface area contributed by atoms with Crippen LogP contribution < -0.4 is 4.74 Å². The van der Waals surface area contributed by atoms with Crippen molar-refractivity contribution in [3.05, 3.63) is 27.3 Å². The van der Waals surface area contributed by atoms with Crippen LogP contribution >= 0.6 is 38.5 Å². The Labute approximate surface area is 147 Å². The molecule has 0 amide bonds. The maximum atomic E-state index is 11.5. The molecule has 0 fully saturated rings. The second-order valence-electron chi connectivity index (χ2n) is 4.90. The molecule has 0 saturated carbocycles. The molecule has 1 atom stereocenters. The molecule has 21 heavy (non-hydrogen) atoms. The summed E-state index contributed by atoms with van der Waals surface area (Å²) in [4.78, 5) is 11.5. The summed E-state index contributed by atoms with van der Waals surface area (Å²) in [6.07, 6.45) is -0.298. The molecule has 1 aromatic carbocycles. The Bertz CT molecular complexity index is 491. The number of rotatable bonds is 7. The summed E-state index contributed by atoms with van der Waals surface area (Å²) in [6, 6.07) is 5.73. The lowest BCUT2D eigenvalue weighted by Gasteiger charge is -2.26. The third-order valence-corrected chi connectivity index (χ3v) is 4.10. The van der Waals surface area contributed by atoms with Gasteiger partial charge >= 0.3 is 5.97 Å². The van der Waals surface area contributed by atoms with E-state index in [2.05, 4.69) is 38.5 Å². The first kappa shape index (κ1) is 18.7. The van der Waals surface area contributed by atoms with Gasteiger partial charge in [-0.05, 0) is 68.0 Å². The van der Waals surface area contributed by atoms with E-state index in [-0.39, 0.29) is 17.6 Å². The van der Waals surface area contributed by atoms with E-state index in [9.17, 15) is 4.79 Å². The van der Waals surface area contributed by atoms with Gasteiger partial charge in [-0.15, -0.1) is 0 Å². The van der Waals surface area contributed by atoms with Gasteiger partial charge in [0.1, 0.15) is 16.7 Å². The lowest BCUT2D eigenvalue weighted by atomic mass is 9.98. The van der Waals surface area contributed by atoms with Crippen LogP contribution in [0.3, 0.4) is 0 Å². The topological polar surface area (TPSA) is 44.8 Å². The van der Waals surface area contributed by atoms with Crippen LogP contribution in [0, 0.1) is 3.57 Å². The predicted octanol–water partition coefficient (Wildman–Crippen LogP) is 4.23. The monoisotopic (exact) mass is 470 g/mol. The highest BCUT2D eigenvalue weighted by atomic mass is 127. The van der Waals surface area contributed by atoms with Crippen molar-refractivity contribution in [2.45, 2.75) is 39.6 Å². The molecule has 0 spiro atoms. The summed E-state index contributed by atoms with van der Waals surface area (Å²) in [5.41, 5.74) is 0.229. The van der Waals surface area contributed by atoms with Crippen LogP contribution in [0.1, 0.15) is 33.3 Å². The minimum absolute atomic E-state index is 0.181. The average Bonchev–Trinajstić information content (AvgIpc) is 2.40. The van der Waals surface area contributed by atoms with Gasteiger partial charge in [0.15, 0.2) is 6.29 Å². The normalized spacial score (nSPS) is 12.9. The van der Waals surface area contributed by atoms with Crippen molar-refractivity contribution in [1.29, 1.82) is 0 Å². The highest BCUT2D eigenvalue weighted by molar-refractivity contribution is 14.1. The molecule has 4 nitrogen and oxygen atoms in total. The molecule has 1 unspecified atom stereocenters. The summed E-state index contributed by atoms with van der Waals surface area (Å²) in [7, 11) is 0. The molecule has 0 heterocycles. The molecule has 1 aromatic rings. The molecule has 0 aliphatic carbocycles. The fourth-order valence-electron chi connectivity index (χ4n) is 1.79. The minimum atomic E-state index is -0.686. The average molecular weight is 471 g/mol. The maximum Gasteiger partial charge on any atom is 0.317 e. The van der Waals surface area contributed by atoms with Crippen molar-refractivity contribution in [2.24, 2.45) is 0 Å². The van der Waals surface area contributed by atoms with Crippen molar-refractivity contribution in [1.82, 2.24) is 0 Å². The Morgan fingerprint density at radius 1 is 1.43 bits per heavy atom. The van der Waals surface area contributed by atoms with Gasteiger partial charge in [0.25, 0.3) is 0 Å². The van der Waals surface area contributed by atoms with Crippen molar-refractivity contribution in [3.63, 3.8) is 0 Å². The maximum absolute atomic E-state index is 11.5. The van der Waals surface area contributed by atoms with E-state index in [1.54, 1.807) is 0 Å². The van der Waals surface area contributed by atoms with Crippen LogP contribution in [0.5, 0.6) is 5.75 Å². The zero-order chi connectivity index (χ0) is 16.0. The van der Waals surface area contributed by atoms with E-state index in [1.165, 1.54) is 0 Å². The zero-order valence-corrected chi connectivity index (χ0v) is 16.4. The first-order chi connectivity index (χ1) is 9.80. The third kappa shape index (κ3) is 5.75. The van der Waals surface area contributed by atoms with E-state index in [0.717, 1.165) is 14.9 Å². The SMILES string of the molecule is CCOC(C)Oc1ccc(C(C)(C)OC(=O)CBr)cc1I. The number of halogens is 2. The molecule has 0 aliphatic heterocycles. The van der Waals surface area contributed by atoms with E-state index in [0.29, 0.717) is 6.61 Å². The van der Waals surface area contributed by atoms with Crippen molar-refractivity contribution in [3.8, 4) is 5.75 Å². The number of hydrogen-bond acceptors (Lipinski definition) is 4. The first-order valence-corrected chi connectivity index (χ1v) is 8.86. The number of ether oxygens (including phenoxy) is 3. The lowest BCUT2D eigenvalue weighted by Crippen LogP contribution is -2.26. The van der Waals surface area contributed by atoms with Gasteiger partial charge in [-0.2, -0.15) is 0 Å². The largest absolute Gasteiger partial charge is 0.464 e. The number of esters is 1. The number of hydrogen-bond donors (Lipinski definition) is 0. The standard InChI is InChI=1S/C15H20BrIO4/c1-5-19-10(2)20-13-7-6-11(8-12(13)17)15(3,4)21-14(18)9-16/h6-8,10H,5,9H2,1-4H3. The van der Waals surface area contributed by atoms with E-state index in [4.69, 9.17) is 14.2 Å². The summed E-state index contributed by atoms with van der Waals surface area (Å²) in [6.45, 7) is 8.11. The molecule has 0 bridgehead atoms. The Kier molecular flexibility index (Phi) is 7.42. The van der Waals surface area contributed by atoms with Gasteiger partial charge in [0.05, 0.1) is 3.57 Å². The highest BCUT2D eigenvalue weighted by Gasteiger charge is 2.26. The van der Waals surface area contributed by atoms with Crippen LogP contribution in [0.15, 0.2) is 18.2 Å². The molecule has 118 valence electrons. The first-order valence-electron chi connectivity index (χ1n) is 6.66. The fraction of sp³-hybridized carbons (Fsp3) is 0.533. The quantitative estimate of drug-likeness (QED) is 0.259. The van der Waals surface area contributed by atoms with E-state index in [1.807, 2.05) is 45.9 Å². The molecular formula is C15H20BrIO4. The lowest BCUT2D eigenvalue weighted by molar-refractivity contribution is -0.153. The Morgan fingerprint density at radius 2 is 2.10 bits per heavy atom. The van der Waals surface area contributed by atoms with Gasteiger partial charge in [0.2, 0.25) is 0 Å². The fourth-order valence-corrected chi connectivity index (χ4v) is 2.55. The number of alkyl halides is 1. The Balaban J connectivity index is 2.88. The van der Waals surface area contributed by atoms with Crippen LogP contribution in [-0.2, 0) is 19.9 Å². The third-order valence-electron chi connectivity index (χ3n) is 2.80. The number of carbonyl (C=O) groups is 1. The van der Waals surface area contributed by atoms with Crippen molar-refractivity contribution in [2.75, 3.05) is 11.9 Å². The molecule has 0 saturated heterocycles. The summed E-state index contributed by atoms with van der Waals surface area (Å²) in [5.74, 6) is 0.461. The molecule has 0 aromatic heterocycles. The van der Waals surface area contributed by atoms with Gasteiger partial charge < -0.3 is 14.2 Å². The van der Waals surface area contributed by atoms with Gasteiger partial charge in [-0.25, -0.2) is 0 Å². The van der Waals surface area contributed by atoms with Crippen LogP contribution in [-0.4, -0.2) is 24.2 Å². The van der Waals surface area contributed by atoms with Crippen LogP contribution in [0.25, 0.3) is 0 Å². The summed E-state index contributed by atoms with van der Waals surface area (Å²) >= 11 is 5.30. The van der Waals surface area contributed by atoms with Crippen LogP contribution in [0.4, 0.5) is 0 Å². The van der Waals surface area contributed by atoms with E-state index < -0.39 is 5.60 Å². The minimum Gasteiger partial charge on any atom is -0.464 e. The second-order valence-corrected chi connectivity index (χ2v) is 6.63. The van der Waals surface area contributed by atoms with Crippen molar-refractivity contribution < 1.29 is 19.0 Å². The van der Waals surface area contributed by atoms with Gasteiger partial charge in [0, 0.05) is 6.61 Å². The Hall–Kier alpha value is -0.340. The zero-order valence-electron chi connectivity index (χ0n) is 12.6. The number of benzene rings is 1. The van der Waals surface area contributed by atoms with Crippen LogP contribution in [0.2, 0.25) is 0 Å². The van der Waals surface area contributed by atoms with Gasteiger partial charge in [-0.3, -0.25) is 4.79 Å². The molecule has 6 heteroatoms. The molecule has 0 N–H and O–H groups in total. The van der Waals surface area contributed by atoms with Gasteiger partial charge in [-0.1, -0.05) is 22.0 Å². The molecular weight excluding hydrogens is 451 g/mol. The highest BCUT2D eigenvalue weighted by Crippen LogP contribution is 2.31. The molecule has 0 radical (unpaired) electrons. The Morgan fingerprint density at radius 3 is 2.62 bits per heavy atom.